The average Bonchev–Trinajstić information content (AvgIpc) is 2.90. The van der Waals surface area contributed by atoms with E-state index in [0.717, 1.165) is 0 Å². The summed E-state index contributed by atoms with van der Waals surface area (Å²) in [6, 6.07) is 15.8. The number of anilines is 2. The number of amides is 3. The lowest BCUT2D eigenvalue weighted by Gasteiger charge is -2.10. The molecule has 3 amide bonds. The number of carbonyl (C=O) groups is 4. The lowest BCUT2D eigenvalue weighted by Crippen LogP contribution is -2.32. The van der Waals surface area contributed by atoms with E-state index in [0.29, 0.717) is 16.9 Å². The number of nitrogens with zero attached hydrogens (tertiary/aromatic N) is 2. The molecule has 0 aliphatic heterocycles. The van der Waals surface area contributed by atoms with E-state index in [1.54, 1.807) is 12.1 Å². The van der Waals surface area contributed by atoms with Crippen LogP contribution in [0.15, 0.2) is 71.8 Å². The summed E-state index contributed by atoms with van der Waals surface area (Å²) < 4.78 is 10.5. The number of nitro benzene ring substituents is 1. The zero-order valence-corrected chi connectivity index (χ0v) is 20.1. The number of carbonyl (C=O) groups excluding carboxylic acids is 4. The van der Waals surface area contributed by atoms with Crippen molar-refractivity contribution in [3.8, 4) is 11.5 Å². The molecule has 0 heterocycles. The minimum absolute atomic E-state index is 0.000681. The number of para-hydroxylation sites is 1. The van der Waals surface area contributed by atoms with Crippen molar-refractivity contribution in [3.63, 3.8) is 0 Å². The van der Waals surface area contributed by atoms with E-state index in [2.05, 4.69) is 21.2 Å². The van der Waals surface area contributed by atoms with Gasteiger partial charge in [0.2, 0.25) is 5.91 Å². The number of benzene rings is 3. The molecule has 38 heavy (non-hydrogen) atoms. The Kier molecular flexibility index (Phi) is 8.81. The van der Waals surface area contributed by atoms with Crippen LogP contribution in [0.5, 0.6) is 11.5 Å². The highest BCUT2D eigenvalue weighted by molar-refractivity contribution is 6.39. The molecule has 3 aromatic rings. The van der Waals surface area contributed by atoms with Gasteiger partial charge in [-0.15, -0.1) is 0 Å². The molecule has 3 aromatic carbocycles. The van der Waals surface area contributed by atoms with Gasteiger partial charge in [-0.3, -0.25) is 24.5 Å². The van der Waals surface area contributed by atoms with Gasteiger partial charge in [-0.25, -0.2) is 10.2 Å². The number of hydrogen-bond acceptors (Lipinski definition) is 9. The first-order valence-corrected chi connectivity index (χ1v) is 10.8. The van der Waals surface area contributed by atoms with Gasteiger partial charge < -0.3 is 20.1 Å². The van der Waals surface area contributed by atoms with Crippen molar-refractivity contribution < 1.29 is 33.6 Å². The smallest absolute Gasteiger partial charge is 0.350 e. The first kappa shape index (κ1) is 27.0. The molecule has 13 nitrogen and oxygen atoms in total. The van der Waals surface area contributed by atoms with Crippen molar-refractivity contribution in [1.29, 1.82) is 0 Å². The number of rotatable bonds is 8. The molecule has 3 rings (SSSR count). The van der Waals surface area contributed by atoms with Gasteiger partial charge in [0.15, 0.2) is 11.5 Å². The third kappa shape index (κ3) is 7.21. The van der Waals surface area contributed by atoms with Gasteiger partial charge in [0, 0.05) is 24.4 Å². The lowest BCUT2D eigenvalue weighted by molar-refractivity contribution is -0.385. The summed E-state index contributed by atoms with van der Waals surface area (Å²) in [5, 5.41) is 19.9. The Morgan fingerprint density at radius 1 is 0.895 bits per heavy atom. The van der Waals surface area contributed by atoms with Gasteiger partial charge in [0.1, 0.15) is 5.56 Å². The van der Waals surface area contributed by atoms with Gasteiger partial charge >= 0.3 is 17.8 Å². The van der Waals surface area contributed by atoms with E-state index in [9.17, 15) is 29.3 Å². The van der Waals surface area contributed by atoms with Gasteiger partial charge in [-0.2, -0.15) is 5.10 Å². The molecular formula is C25H21N5O8. The van der Waals surface area contributed by atoms with Crippen LogP contribution < -0.4 is 25.5 Å². The number of ether oxygens (including phenoxy) is 2. The third-order valence-electron chi connectivity index (χ3n) is 4.76. The Bertz CT molecular complexity index is 1420. The topological polar surface area (TPSA) is 178 Å². The second kappa shape index (κ2) is 12.4. The molecule has 3 N–H and O–H groups in total. The van der Waals surface area contributed by atoms with Crippen LogP contribution in [0.25, 0.3) is 0 Å². The second-order valence-electron chi connectivity index (χ2n) is 7.49. The van der Waals surface area contributed by atoms with Crippen molar-refractivity contribution in [2.75, 3.05) is 17.7 Å². The monoisotopic (exact) mass is 519 g/mol. The number of esters is 1. The van der Waals surface area contributed by atoms with Crippen LogP contribution in [-0.4, -0.2) is 41.9 Å². The summed E-state index contributed by atoms with van der Waals surface area (Å²) in [7, 11) is 1.33. The van der Waals surface area contributed by atoms with Crippen molar-refractivity contribution in [1.82, 2.24) is 5.43 Å². The molecule has 0 saturated carbocycles. The largest absolute Gasteiger partial charge is 0.493 e. The van der Waals surface area contributed by atoms with E-state index < -0.39 is 28.4 Å². The fourth-order valence-electron chi connectivity index (χ4n) is 3.05. The van der Waals surface area contributed by atoms with E-state index in [4.69, 9.17) is 9.47 Å². The lowest BCUT2D eigenvalue weighted by atomic mass is 10.2. The maximum Gasteiger partial charge on any atom is 0.350 e. The van der Waals surface area contributed by atoms with Crippen molar-refractivity contribution in [3.05, 3.63) is 88.0 Å². The summed E-state index contributed by atoms with van der Waals surface area (Å²) >= 11 is 0. The van der Waals surface area contributed by atoms with Crippen LogP contribution in [0.1, 0.15) is 22.8 Å². The molecule has 194 valence electrons. The van der Waals surface area contributed by atoms with E-state index in [-0.39, 0.29) is 23.0 Å². The first-order valence-electron chi connectivity index (χ1n) is 10.8. The highest BCUT2D eigenvalue weighted by atomic mass is 16.6. The van der Waals surface area contributed by atoms with Gasteiger partial charge in [-0.05, 0) is 54.1 Å². The Morgan fingerprint density at radius 2 is 1.55 bits per heavy atom. The molecule has 0 aromatic heterocycles. The molecule has 0 atom stereocenters. The maximum atomic E-state index is 12.5. The first-order chi connectivity index (χ1) is 18.2. The minimum Gasteiger partial charge on any atom is -0.493 e. The predicted molar refractivity (Wildman–Crippen MR) is 136 cm³/mol. The number of methoxy groups -OCH3 is 1. The molecule has 0 spiro atoms. The highest BCUT2D eigenvalue weighted by Crippen LogP contribution is 2.29. The fourth-order valence-corrected chi connectivity index (χ4v) is 3.05. The van der Waals surface area contributed by atoms with Crippen LogP contribution in [0.2, 0.25) is 0 Å². The highest BCUT2D eigenvalue weighted by Gasteiger charge is 2.22. The molecule has 0 radical (unpaired) electrons. The maximum absolute atomic E-state index is 12.5. The van der Waals surface area contributed by atoms with Crippen molar-refractivity contribution >= 4 is 47.0 Å². The SMILES string of the molecule is COc1cc(C=NNC(=O)C(=O)Nc2ccc(NC(C)=O)cc2)ccc1OC(=O)c1ccccc1[N+](=O)[O-]. The molecule has 0 fully saturated rings. The fraction of sp³-hybridized carbons (Fsp3) is 0.0800. The van der Waals surface area contributed by atoms with Crippen molar-refractivity contribution in [2.45, 2.75) is 6.92 Å². The second-order valence-corrected chi connectivity index (χ2v) is 7.49. The Hall–Kier alpha value is -5.59. The van der Waals surface area contributed by atoms with Crippen LogP contribution in [0.4, 0.5) is 17.1 Å². The minimum atomic E-state index is -1.03. The molecule has 0 unspecified atom stereocenters. The predicted octanol–water partition coefficient (Wildman–Crippen LogP) is 2.87. The van der Waals surface area contributed by atoms with Crippen LogP contribution in [0, 0.1) is 10.1 Å². The van der Waals surface area contributed by atoms with Gasteiger partial charge in [0.25, 0.3) is 5.69 Å². The quantitative estimate of drug-likeness (QED) is 0.101. The van der Waals surface area contributed by atoms with E-state index in [1.165, 1.54) is 74.8 Å². The summed E-state index contributed by atoms with van der Waals surface area (Å²) in [5.41, 5.74) is 2.74. The average molecular weight is 519 g/mol. The normalized spacial score (nSPS) is 10.4. The Morgan fingerprint density at radius 3 is 2.18 bits per heavy atom. The molecule has 13 heteroatoms. The summed E-state index contributed by atoms with van der Waals surface area (Å²) in [5.74, 6) is -3.07. The van der Waals surface area contributed by atoms with Crippen LogP contribution >= 0.6 is 0 Å². The summed E-state index contributed by atoms with van der Waals surface area (Å²) in [6.45, 7) is 1.36. The Labute approximate surface area is 215 Å². The molecule has 0 aliphatic carbocycles. The molecule has 0 bridgehead atoms. The number of hydrogen-bond donors (Lipinski definition) is 3. The number of hydrazone groups is 1. The van der Waals surface area contributed by atoms with E-state index >= 15 is 0 Å². The zero-order chi connectivity index (χ0) is 27.7. The number of nitrogens with one attached hydrogen (secondary N) is 3. The summed E-state index contributed by atoms with van der Waals surface area (Å²) in [6.07, 6.45) is 1.23. The Balaban J connectivity index is 1.60. The van der Waals surface area contributed by atoms with Crippen molar-refractivity contribution in [2.24, 2.45) is 5.10 Å². The zero-order valence-electron chi connectivity index (χ0n) is 20.1. The van der Waals surface area contributed by atoms with Crippen LogP contribution in [0.3, 0.4) is 0 Å². The standard InChI is InChI=1S/C25H21N5O8/c1-15(31)27-17-8-10-18(11-9-17)28-23(32)24(33)29-26-14-16-7-12-21(22(13-16)37-2)38-25(34)19-5-3-4-6-20(19)30(35)36/h3-14H,1-2H3,(H,27,31)(H,28,32)(H,29,33). The van der Waals surface area contributed by atoms with Crippen LogP contribution in [-0.2, 0) is 14.4 Å². The molecule has 0 aliphatic rings. The third-order valence-corrected chi connectivity index (χ3v) is 4.76. The van der Waals surface area contributed by atoms with Gasteiger partial charge in [0.05, 0.1) is 18.2 Å². The molecular weight excluding hydrogens is 498 g/mol. The van der Waals surface area contributed by atoms with Gasteiger partial charge in [-0.1, -0.05) is 12.1 Å². The molecule has 0 saturated heterocycles. The summed E-state index contributed by atoms with van der Waals surface area (Å²) in [4.78, 5) is 58.1. The number of nitro groups is 1. The van der Waals surface area contributed by atoms with E-state index in [1.807, 2.05) is 0 Å².